The van der Waals surface area contributed by atoms with E-state index >= 15 is 0 Å². The molecule has 2 aromatic heterocycles. The molecule has 2 heterocycles. The zero-order valence-electron chi connectivity index (χ0n) is 11.2. The van der Waals surface area contributed by atoms with Crippen LogP contribution in [0, 0.1) is 18.3 Å². The maximum atomic E-state index is 12.7. The second-order valence-corrected chi connectivity index (χ2v) is 5.64. The molecule has 110 valence electrons. The van der Waals surface area contributed by atoms with Gasteiger partial charge >= 0.3 is 6.18 Å². The summed E-state index contributed by atoms with van der Waals surface area (Å²) in [4.78, 5) is 8.66. The van der Waals surface area contributed by atoms with Gasteiger partial charge in [-0.15, -0.1) is 11.3 Å². The summed E-state index contributed by atoms with van der Waals surface area (Å²) in [6.45, 7) is 3.64. The zero-order valence-corrected chi connectivity index (χ0v) is 12.0. The number of pyridine rings is 1. The van der Waals surface area contributed by atoms with Crippen molar-refractivity contribution < 1.29 is 13.2 Å². The number of hydrogen-bond acceptors (Lipinski definition) is 5. The second-order valence-electron chi connectivity index (χ2n) is 4.38. The van der Waals surface area contributed by atoms with Crippen LogP contribution in [0.25, 0.3) is 0 Å². The molecule has 4 nitrogen and oxygen atoms in total. The van der Waals surface area contributed by atoms with E-state index in [-0.39, 0.29) is 17.4 Å². The van der Waals surface area contributed by atoms with Crippen molar-refractivity contribution in [1.82, 2.24) is 9.97 Å². The number of aryl methyl sites for hydroxylation is 1. The largest absolute Gasteiger partial charge is 0.433 e. The lowest BCUT2D eigenvalue weighted by atomic mass is 10.2. The Morgan fingerprint density at radius 3 is 2.62 bits per heavy atom. The predicted octanol–water partition coefficient (Wildman–Crippen LogP) is 3.91. The molecule has 1 N–H and O–H groups in total. The quantitative estimate of drug-likeness (QED) is 0.933. The molecule has 0 aliphatic heterocycles. The summed E-state index contributed by atoms with van der Waals surface area (Å²) in [6, 6.07) is 3.39. The van der Waals surface area contributed by atoms with Gasteiger partial charge < -0.3 is 5.32 Å². The summed E-state index contributed by atoms with van der Waals surface area (Å²) in [5, 5.41) is 12.5. The molecule has 0 radical (unpaired) electrons. The lowest BCUT2D eigenvalue weighted by Gasteiger charge is -2.15. The molecule has 0 amide bonds. The summed E-state index contributed by atoms with van der Waals surface area (Å²) < 4.78 is 38.1. The van der Waals surface area contributed by atoms with Crippen molar-refractivity contribution >= 4 is 17.2 Å². The number of rotatable bonds is 3. The van der Waals surface area contributed by atoms with Gasteiger partial charge in [-0.1, -0.05) is 0 Å². The van der Waals surface area contributed by atoms with Crippen LogP contribution in [0.15, 0.2) is 18.3 Å². The van der Waals surface area contributed by atoms with Crippen LogP contribution in [0.1, 0.15) is 34.1 Å². The van der Waals surface area contributed by atoms with Gasteiger partial charge in [0.1, 0.15) is 22.6 Å². The number of nitrogens with one attached hydrogen (secondary N) is 1. The Kier molecular flexibility index (Phi) is 4.14. The van der Waals surface area contributed by atoms with E-state index in [1.54, 1.807) is 13.1 Å². The summed E-state index contributed by atoms with van der Waals surface area (Å²) in [6.07, 6.45) is -2.87. The summed E-state index contributed by atoms with van der Waals surface area (Å²) in [5.41, 5.74) is -0.977. The molecule has 0 spiro atoms. The average Bonchev–Trinajstić information content (AvgIpc) is 2.84. The fraction of sp³-hybridized carbons (Fsp3) is 0.308. The average molecular weight is 312 g/mol. The first-order chi connectivity index (χ1) is 9.81. The van der Waals surface area contributed by atoms with E-state index in [1.165, 1.54) is 11.3 Å². The standard InChI is InChI=1S/C13H11F3N4S/c1-7-6-18-12(21-7)8(2)19-11-9(5-17)3-4-10(20-11)13(14,15)16/h3-4,6,8H,1-2H3,(H,19,20). The number of halogens is 3. The summed E-state index contributed by atoms with van der Waals surface area (Å²) in [5.74, 6) is -0.0901. The van der Waals surface area contributed by atoms with E-state index < -0.39 is 11.9 Å². The van der Waals surface area contributed by atoms with Gasteiger partial charge in [-0.05, 0) is 26.0 Å². The van der Waals surface area contributed by atoms with Crippen molar-refractivity contribution in [3.05, 3.63) is 39.5 Å². The highest BCUT2D eigenvalue weighted by atomic mass is 32.1. The third-order valence-electron chi connectivity index (χ3n) is 2.67. The van der Waals surface area contributed by atoms with Gasteiger partial charge in [-0.25, -0.2) is 9.97 Å². The lowest BCUT2D eigenvalue weighted by molar-refractivity contribution is -0.141. The highest BCUT2D eigenvalue weighted by Gasteiger charge is 2.33. The number of alkyl halides is 3. The number of aromatic nitrogens is 2. The zero-order chi connectivity index (χ0) is 15.6. The molecule has 21 heavy (non-hydrogen) atoms. The summed E-state index contributed by atoms with van der Waals surface area (Å²) in [7, 11) is 0. The molecule has 1 atom stereocenters. The Morgan fingerprint density at radius 1 is 1.38 bits per heavy atom. The Balaban J connectivity index is 2.32. The van der Waals surface area contributed by atoms with Crippen molar-refractivity contribution in [2.45, 2.75) is 26.1 Å². The molecule has 0 bridgehead atoms. The fourth-order valence-electron chi connectivity index (χ4n) is 1.66. The first kappa shape index (κ1) is 15.3. The van der Waals surface area contributed by atoms with E-state index in [0.717, 1.165) is 22.0 Å². The van der Waals surface area contributed by atoms with Crippen molar-refractivity contribution in [2.24, 2.45) is 0 Å². The lowest BCUT2D eigenvalue weighted by Crippen LogP contribution is -2.13. The second kappa shape index (κ2) is 5.69. The Bertz CT molecular complexity index is 687. The minimum absolute atomic E-state index is 0.0585. The van der Waals surface area contributed by atoms with Crippen LogP contribution in [-0.4, -0.2) is 9.97 Å². The van der Waals surface area contributed by atoms with Crippen molar-refractivity contribution in [1.29, 1.82) is 5.26 Å². The molecule has 0 aromatic carbocycles. The first-order valence-corrected chi connectivity index (χ1v) is 6.80. The topological polar surface area (TPSA) is 61.6 Å². The van der Waals surface area contributed by atoms with Crippen LogP contribution in [0.5, 0.6) is 0 Å². The molecule has 0 fully saturated rings. The minimum Gasteiger partial charge on any atom is -0.360 e. The Morgan fingerprint density at radius 2 is 2.10 bits per heavy atom. The third kappa shape index (κ3) is 3.49. The molecule has 0 saturated carbocycles. The molecule has 2 aromatic rings. The predicted molar refractivity (Wildman–Crippen MR) is 72.8 cm³/mol. The molecule has 0 aliphatic rings. The monoisotopic (exact) mass is 312 g/mol. The van der Waals surface area contributed by atoms with Crippen molar-refractivity contribution in [3.8, 4) is 6.07 Å². The van der Waals surface area contributed by atoms with Crippen LogP contribution in [0.4, 0.5) is 19.0 Å². The van der Waals surface area contributed by atoms with Gasteiger partial charge in [0.25, 0.3) is 0 Å². The van der Waals surface area contributed by atoms with Crippen molar-refractivity contribution in [3.63, 3.8) is 0 Å². The van der Waals surface area contributed by atoms with Gasteiger partial charge in [0, 0.05) is 11.1 Å². The van der Waals surface area contributed by atoms with E-state index in [2.05, 4.69) is 15.3 Å². The molecule has 0 aliphatic carbocycles. The molecule has 8 heteroatoms. The Labute approximate surface area is 123 Å². The van der Waals surface area contributed by atoms with Crippen molar-refractivity contribution in [2.75, 3.05) is 5.32 Å². The molecular weight excluding hydrogens is 301 g/mol. The van der Waals surface area contributed by atoms with Gasteiger partial charge in [0.15, 0.2) is 0 Å². The van der Waals surface area contributed by atoms with Crippen LogP contribution in [0.3, 0.4) is 0 Å². The van der Waals surface area contributed by atoms with Gasteiger partial charge in [-0.2, -0.15) is 18.4 Å². The number of nitriles is 1. The highest BCUT2D eigenvalue weighted by molar-refractivity contribution is 7.11. The highest BCUT2D eigenvalue weighted by Crippen LogP contribution is 2.30. The number of nitrogens with zero attached hydrogens (tertiary/aromatic N) is 3. The molecule has 2 rings (SSSR count). The van der Waals surface area contributed by atoms with Gasteiger partial charge in [0.2, 0.25) is 0 Å². The Hall–Kier alpha value is -2.14. The third-order valence-corrected chi connectivity index (χ3v) is 3.76. The van der Waals surface area contributed by atoms with Gasteiger partial charge in [0.05, 0.1) is 11.6 Å². The maximum Gasteiger partial charge on any atom is 0.433 e. The smallest absolute Gasteiger partial charge is 0.360 e. The van der Waals surface area contributed by atoms with E-state index in [0.29, 0.717) is 0 Å². The van der Waals surface area contributed by atoms with Crippen LogP contribution >= 0.6 is 11.3 Å². The molecule has 0 saturated heterocycles. The van der Waals surface area contributed by atoms with Crippen LogP contribution in [-0.2, 0) is 6.18 Å². The number of hydrogen-bond donors (Lipinski definition) is 1. The van der Waals surface area contributed by atoms with Gasteiger partial charge in [-0.3, -0.25) is 0 Å². The fourth-order valence-corrected chi connectivity index (χ4v) is 2.43. The van der Waals surface area contributed by atoms with E-state index in [9.17, 15) is 13.2 Å². The molecular formula is C13H11F3N4S. The normalized spacial score (nSPS) is 12.8. The van der Waals surface area contributed by atoms with E-state index in [4.69, 9.17) is 5.26 Å². The number of anilines is 1. The molecule has 1 unspecified atom stereocenters. The number of thiazole rings is 1. The summed E-state index contributed by atoms with van der Waals surface area (Å²) >= 11 is 1.43. The van der Waals surface area contributed by atoms with Crippen LogP contribution in [0.2, 0.25) is 0 Å². The van der Waals surface area contributed by atoms with E-state index in [1.807, 2.05) is 13.0 Å². The maximum absolute atomic E-state index is 12.7. The first-order valence-electron chi connectivity index (χ1n) is 5.98. The van der Waals surface area contributed by atoms with Crippen LogP contribution < -0.4 is 5.32 Å². The SMILES string of the molecule is Cc1cnc(C(C)Nc2nc(C(F)(F)F)ccc2C#N)s1. The minimum atomic E-state index is -4.55.